The van der Waals surface area contributed by atoms with E-state index in [4.69, 9.17) is 5.73 Å². The molecular weight excluding hydrogens is 248 g/mol. The van der Waals surface area contributed by atoms with E-state index in [1.54, 1.807) is 19.1 Å². The lowest BCUT2D eigenvalue weighted by molar-refractivity contribution is -0.525. The molecular formula is C8H10N4O4S. The third-order valence-corrected chi connectivity index (χ3v) is 3.05. The van der Waals surface area contributed by atoms with Crippen molar-refractivity contribution in [2.45, 2.75) is 11.8 Å². The average Bonchev–Trinajstić information content (AvgIpc) is 2.15. The van der Waals surface area contributed by atoms with E-state index in [-0.39, 0.29) is 4.90 Å². The van der Waals surface area contributed by atoms with Gasteiger partial charge in [0.2, 0.25) is 0 Å². The molecule has 0 amide bonds. The van der Waals surface area contributed by atoms with Crippen LogP contribution in [0.3, 0.4) is 0 Å². The van der Waals surface area contributed by atoms with Crippen molar-refractivity contribution in [1.82, 2.24) is 5.43 Å². The van der Waals surface area contributed by atoms with E-state index in [0.717, 1.165) is 5.56 Å². The maximum atomic E-state index is 11.6. The van der Waals surface area contributed by atoms with Crippen LogP contribution in [-0.4, -0.2) is 19.4 Å². The average molecular weight is 258 g/mol. The number of nitrogens with one attached hydrogen (secondary N) is 1. The zero-order chi connectivity index (χ0) is 13.1. The number of hydrogen-bond donors (Lipinski definition) is 2. The molecule has 0 aromatic heterocycles. The van der Waals surface area contributed by atoms with Crippen molar-refractivity contribution in [3.63, 3.8) is 0 Å². The van der Waals surface area contributed by atoms with Crippen LogP contribution < -0.4 is 11.2 Å². The molecule has 0 atom stereocenters. The molecule has 1 aromatic rings. The second kappa shape index (κ2) is 4.78. The summed E-state index contributed by atoms with van der Waals surface area (Å²) in [5, 5.41) is 9.02. The number of benzene rings is 1. The Morgan fingerprint density at radius 2 is 1.94 bits per heavy atom. The second-order valence-corrected chi connectivity index (χ2v) is 4.74. The van der Waals surface area contributed by atoms with Crippen molar-refractivity contribution in [3.05, 3.63) is 39.9 Å². The molecule has 8 nitrogen and oxygen atoms in total. The quantitative estimate of drug-likeness (QED) is 0.334. The third kappa shape index (κ3) is 3.72. The molecule has 9 heteroatoms. The molecule has 92 valence electrons. The summed E-state index contributed by atoms with van der Waals surface area (Å²) in [4.78, 5) is 9.93. The molecule has 3 N–H and O–H groups in total. The van der Waals surface area contributed by atoms with E-state index in [9.17, 15) is 18.5 Å². The molecule has 0 saturated heterocycles. The molecule has 0 fully saturated rings. The van der Waals surface area contributed by atoms with Crippen LogP contribution in [0.4, 0.5) is 0 Å². The highest BCUT2D eigenvalue weighted by Gasteiger charge is 2.14. The van der Waals surface area contributed by atoms with E-state index in [2.05, 4.69) is 4.40 Å². The number of nitro groups is 1. The van der Waals surface area contributed by atoms with Crippen LogP contribution in [0, 0.1) is 17.0 Å². The van der Waals surface area contributed by atoms with Gasteiger partial charge < -0.3 is 5.73 Å². The van der Waals surface area contributed by atoms with Crippen molar-refractivity contribution < 1.29 is 13.5 Å². The lowest BCUT2D eigenvalue weighted by Crippen LogP contribution is -2.36. The summed E-state index contributed by atoms with van der Waals surface area (Å²) in [7, 11) is -4.03. The number of hydrogen-bond acceptors (Lipinski definition) is 4. The number of guanidine groups is 1. The number of sulfonamides is 1. The SMILES string of the molecule is Cc1ccc(S(=O)(=O)/N=C(\N)N[N+](=O)[O-])cc1. The maximum Gasteiger partial charge on any atom is 0.285 e. The minimum absolute atomic E-state index is 0.0869. The Morgan fingerprint density at radius 1 is 1.41 bits per heavy atom. The van der Waals surface area contributed by atoms with Crippen molar-refractivity contribution in [1.29, 1.82) is 0 Å². The predicted molar refractivity (Wildman–Crippen MR) is 60.1 cm³/mol. The van der Waals surface area contributed by atoms with Gasteiger partial charge in [-0.2, -0.15) is 8.42 Å². The van der Waals surface area contributed by atoms with Gasteiger partial charge in [0.1, 0.15) is 0 Å². The molecule has 0 aliphatic rings. The van der Waals surface area contributed by atoms with Gasteiger partial charge in [0.15, 0.2) is 5.03 Å². The molecule has 1 aromatic carbocycles. The summed E-state index contributed by atoms with van der Waals surface area (Å²) in [6, 6.07) is 5.85. The zero-order valence-electron chi connectivity index (χ0n) is 8.82. The minimum atomic E-state index is -4.03. The van der Waals surface area contributed by atoms with Gasteiger partial charge >= 0.3 is 0 Å². The largest absolute Gasteiger partial charge is 0.365 e. The summed E-state index contributed by atoms with van der Waals surface area (Å²) in [5.74, 6) is -0.796. The Bertz CT molecular complexity index is 549. The molecule has 0 heterocycles. The van der Waals surface area contributed by atoms with Gasteiger partial charge in [0, 0.05) is 0 Å². The van der Waals surface area contributed by atoms with Gasteiger partial charge in [-0.1, -0.05) is 23.1 Å². The van der Waals surface area contributed by atoms with E-state index in [0.29, 0.717) is 0 Å². The number of rotatable bonds is 3. The smallest absolute Gasteiger partial charge is 0.285 e. The maximum absolute atomic E-state index is 11.6. The Kier molecular flexibility index (Phi) is 3.63. The summed E-state index contributed by atoms with van der Waals surface area (Å²) in [6.07, 6.45) is 0. The van der Waals surface area contributed by atoms with Crippen molar-refractivity contribution in [3.8, 4) is 0 Å². The van der Waals surface area contributed by atoms with Gasteiger partial charge in [0.25, 0.3) is 16.0 Å². The van der Waals surface area contributed by atoms with E-state index in [1.165, 1.54) is 17.6 Å². The monoisotopic (exact) mass is 258 g/mol. The number of hydrazine groups is 1. The van der Waals surface area contributed by atoms with Gasteiger partial charge in [-0.3, -0.25) is 0 Å². The lowest BCUT2D eigenvalue weighted by atomic mass is 10.2. The molecule has 0 saturated carbocycles. The predicted octanol–water partition coefficient (Wildman–Crippen LogP) is -0.220. The van der Waals surface area contributed by atoms with Crippen LogP contribution in [0.5, 0.6) is 0 Å². The summed E-state index contributed by atoms with van der Waals surface area (Å²) in [5.41, 5.74) is 7.38. The van der Waals surface area contributed by atoms with Crippen LogP contribution in [0.15, 0.2) is 33.6 Å². The Balaban J connectivity index is 3.04. The fourth-order valence-electron chi connectivity index (χ4n) is 1.01. The molecule has 0 aliphatic carbocycles. The van der Waals surface area contributed by atoms with Gasteiger partial charge in [-0.05, 0) is 19.1 Å². The number of nitrogens with zero attached hydrogens (tertiary/aromatic N) is 2. The fraction of sp³-hybridized carbons (Fsp3) is 0.125. The fourth-order valence-corrected chi connectivity index (χ4v) is 1.89. The number of nitrogens with two attached hydrogens (primary N) is 1. The van der Waals surface area contributed by atoms with Crippen LogP contribution in [0.25, 0.3) is 0 Å². The van der Waals surface area contributed by atoms with Crippen molar-refractivity contribution in [2.24, 2.45) is 10.1 Å². The molecule has 0 aliphatic heterocycles. The molecule has 17 heavy (non-hydrogen) atoms. The molecule has 0 radical (unpaired) electrons. The lowest BCUT2D eigenvalue weighted by Gasteiger charge is -2.00. The van der Waals surface area contributed by atoms with Gasteiger partial charge in [0.05, 0.1) is 4.90 Å². The van der Waals surface area contributed by atoms with Crippen LogP contribution in [0.2, 0.25) is 0 Å². The first-order chi connectivity index (χ1) is 7.81. The molecule has 0 bridgehead atoms. The highest BCUT2D eigenvalue weighted by Crippen LogP contribution is 2.12. The standard InChI is InChI=1S/C8H10N4O4S/c1-6-2-4-7(5-3-6)17(15,16)11-8(9)10-12(13)14/h2-5H,1H3,(H3,9,10,11). The van der Waals surface area contributed by atoms with Crippen LogP contribution in [-0.2, 0) is 10.0 Å². The van der Waals surface area contributed by atoms with E-state index < -0.39 is 21.0 Å². The highest BCUT2D eigenvalue weighted by molar-refractivity contribution is 7.90. The summed E-state index contributed by atoms with van der Waals surface area (Å²) in [6.45, 7) is 1.79. The highest BCUT2D eigenvalue weighted by atomic mass is 32.2. The minimum Gasteiger partial charge on any atom is -0.365 e. The van der Waals surface area contributed by atoms with Crippen molar-refractivity contribution in [2.75, 3.05) is 0 Å². The van der Waals surface area contributed by atoms with Gasteiger partial charge in [-0.25, -0.2) is 10.1 Å². The Morgan fingerprint density at radius 3 is 2.41 bits per heavy atom. The first kappa shape index (κ1) is 12.9. The summed E-state index contributed by atoms with van der Waals surface area (Å²) >= 11 is 0. The topological polar surface area (TPSA) is 128 Å². The summed E-state index contributed by atoms with van der Waals surface area (Å²) < 4.78 is 26.3. The van der Waals surface area contributed by atoms with Gasteiger partial charge in [-0.15, -0.1) is 4.40 Å². The zero-order valence-corrected chi connectivity index (χ0v) is 9.64. The number of aryl methyl sites for hydroxylation is 1. The van der Waals surface area contributed by atoms with Crippen molar-refractivity contribution >= 4 is 16.0 Å². The van der Waals surface area contributed by atoms with E-state index in [1.807, 2.05) is 0 Å². The first-order valence-electron chi connectivity index (χ1n) is 4.39. The van der Waals surface area contributed by atoms with Crippen LogP contribution >= 0.6 is 0 Å². The van der Waals surface area contributed by atoms with Crippen LogP contribution in [0.1, 0.15) is 5.56 Å². The molecule has 0 unspecified atom stereocenters. The molecule has 1 rings (SSSR count). The Hall–Kier alpha value is -2.16. The van der Waals surface area contributed by atoms with E-state index >= 15 is 0 Å². The normalized spacial score (nSPS) is 12.2. The third-order valence-electron chi connectivity index (χ3n) is 1.74. The molecule has 0 spiro atoms. The first-order valence-corrected chi connectivity index (χ1v) is 5.83. The second-order valence-electron chi connectivity index (χ2n) is 3.13. The Labute approximate surface area is 97.3 Å².